The molecule has 0 amide bonds. The molecule has 1 aliphatic heterocycles. The van der Waals surface area contributed by atoms with E-state index in [1.54, 1.807) is 11.8 Å². The smallest absolute Gasteiger partial charge is 0.120 e. The first-order valence-corrected chi connectivity index (χ1v) is 3.67. The van der Waals surface area contributed by atoms with Crippen LogP contribution in [0.4, 0.5) is 0 Å². The Kier molecular flexibility index (Phi) is 1.84. The lowest BCUT2D eigenvalue weighted by Crippen LogP contribution is -2.08. The molecule has 0 aromatic rings. The van der Waals surface area contributed by atoms with Crippen LogP contribution in [-0.2, 0) is 0 Å². The fourth-order valence-electron chi connectivity index (χ4n) is 0.610. The third-order valence-corrected chi connectivity index (χ3v) is 2.18. The van der Waals surface area contributed by atoms with Gasteiger partial charge in [-0.25, -0.2) is 0 Å². The Morgan fingerprint density at radius 2 is 2.50 bits per heavy atom. The SMILES string of the molecule is CC[C]1NC(C)=CS1. The summed E-state index contributed by atoms with van der Waals surface area (Å²) < 4.78 is 0. The molecule has 1 radical (unpaired) electrons. The molecule has 0 aromatic carbocycles. The average Bonchev–Trinajstić information content (AvgIpc) is 2.14. The van der Waals surface area contributed by atoms with Crippen LogP contribution in [0.1, 0.15) is 20.3 Å². The molecule has 1 aliphatic rings. The summed E-state index contributed by atoms with van der Waals surface area (Å²) in [6.07, 6.45) is 1.12. The predicted octanol–water partition coefficient (Wildman–Crippen LogP) is 2.08. The van der Waals surface area contributed by atoms with E-state index in [4.69, 9.17) is 0 Å². The zero-order valence-corrected chi connectivity index (χ0v) is 6.01. The molecular weight excluding hydrogens is 118 g/mol. The molecule has 0 unspecified atom stereocenters. The molecule has 0 spiro atoms. The molecule has 0 aliphatic carbocycles. The van der Waals surface area contributed by atoms with Gasteiger partial charge in [0.15, 0.2) is 0 Å². The van der Waals surface area contributed by atoms with E-state index in [1.165, 1.54) is 11.1 Å². The minimum Gasteiger partial charge on any atom is -0.371 e. The van der Waals surface area contributed by atoms with E-state index in [-0.39, 0.29) is 0 Å². The summed E-state index contributed by atoms with van der Waals surface area (Å²) >= 11 is 1.79. The van der Waals surface area contributed by atoms with E-state index in [2.05, 4.69) is 24.6 Å². The van der Waals surface area contributed by atoms with E-state index in [0.29, 0.717) is 0 Å². The van der Waals surface area contributed by atoms with Crippen molar-refractivity contribution in [3.05, 3.63) is 16.5 Å². The summed E-state index contributed by atoms with van der Waals surface area (Å²) in [5.41, 5.74) is 1.27. The van der Waals surface area contributed by atoms with Gasteiger partial charge in [-0.15, -0.1) is 11.8 Å². The summed E-state index contributed by atoms with van der Waals surface area (Å²) in [4.78, 5) is 0. The van der Waals surface area contributed by atoms with Gasteiger partial charge in [-0.05, 0) is 18.8 Å². The van der Waals surface area contributed by atoms with E-state index < -0.39 is 0 Å². The summed E-state index contributed by atoms with van der Waals surface area (Å²) in [5, 5.41) is 6.75. The highest BCUT2D eigenvalue weighted by molar-refractivity contribution is 8.05. The quantitative estimate of drug-likeness (QED) is 0.580. The van der Waals surface area contributed by atoms with E-state index in [0.717, 1.165) is 6.42 Å². The number of allylic oxidation sites excluding steroid dienone is 1. The minimum atomic E-state index is 1.12. The second kappa shape index (κ2) is 2.44. The van der Waals surface area contributed by atoms with Crippen LogP contribution in [0.25, 0.3) is 0 Å². The average molecular weight is 128 g/mol. The Bertz CT molecular complexity index is 109. The van der Waals surface area contributed by atoms with Gasteiger partial charge in [-0.2, -0.15) is 0 Å². The summed E-state index contributed by atoms with van der Waals surface area (Å²) in [6, 6.07) is 0. The predicted molar refractivity (Wildman–Crippen MR) is 38.0 cm³/mol. The van der Waals surface area contributed by atoms with Gasteiger partial charge >= 0.3 is 0 Å². The molecule has 0 aromatic heterocycles. The largest absolute Gasteiger partial charge is 0.371 e. The van der Waals surface area contributed by atoms with Crippen LogP contribution in [0.2, 0.25) is 0 Å². The fraction of sp³-hybridized carbons (Fsp3) is 0.500. The summed E-state index contributed by atoms with van der Waals surface area (Å²) in [6.45, 7) is 4.23. The molecule has 1 heterocycles. The molecule has 2 heteroatoms. The molecule has 1 rings (SSSR count). The van der Waals surface area contributed by atoms with Crippen molar-refractivity contribution in [3.8, 4) is 0 Å². The van der Waals surface area contributed by atoms with Gasteiger partial charge in [0.25, 0.3) is 0 Å². The third kappa shape index (κ3) is 1.19. The first-order valence-electron chi connectivity index (χ1n) is 2.79. The molecule has 0 fully saturated rings. The lowest BCUT2D eigenvalue weighted by Gasteiger charge is -2.04. The van der Waals surface area contributed by atoms with E-state index in [1.807, 2.05) is 0 Å². The van der Waals surface area contributed by atoms with Crippen LogP contribution >= 0.6 is 11.8 Å². The van der Waals surface area contributed by atoms with Crippen molar-refractivity contribution in [2.75, 3.05) is 0 Å². The Balaban J connectivity index is 2.32. The molecule has 1 nitrogen and oxygen atoms in total. The van der Waals surface area contributed by atoms with Crippen molar-refractivity contribution in [2.45, 2.75) is 20.3 Å². The molecule has 1 N–H and O–H groups in total. The Morgan fingerprint density at radius 3 is 2.75 bits per heavy atom. The standard InChI is InChI=1S/C6H10NS/c1-3-6-7-5(2)4-8-6/h4,7H,3H2,1-2H3. The monoisotopic (exact) mass is 128 g/mol. The lowest BCUT2D eigenvalue weighted by molar-refractivity contribution is 0.865. The van der Waals surface area contributed by atoms with Gasteiger partial charge in [0.1, 0.15) is 5.37 Å². The first-order chi connectivity index (χ1) is 3.83. The maximum Gasteiger partial charge on any atom is 0.120 e. The van der Waals surface area contributed by atoms with Crippen molar-refractivity contribution in [3.63, 3.8) is 0 Å². The van der Waals surface area contributed by atoms with Gasteiger partial charge in [0.2, 0.25) is 0 Å². The van der Waals surface area contributed by atoms with Crippen LogP contribution in [0.5, 0.6) is 0 Å². The minimum absolute atomic E-state index is 1.12. The maximum atomic E-state index is 3.24. The highest BCUT2D eigenvalue weighted by Crippen LogP contribution is 2.28. The number of thioether (sulfide) groups is 1. The van der Waals surface area contributed by atoms with Gasteiger partial charge < -0.3 is 5.32 Å². The second-order valence-electron chi connectivity index (χ2n) is 1.82. The second-order valence-corrected chi connectivity index (χ2v) is 2.78. The highest BCUT2D eigenvalue weighted by atomic mass is 32.2. The lowest BCUT2D eigenvalue weighted by atomic mass is 10.4. The number of hydrogen-bond donors (Lipinski definition) is 1. The molecular formula is C6H10NS. The molecule has 0 saturated heterocycles. The summed E-state index contributed by atoms with van der Waals surface area (Å²) in [7, 11) is 0. The van der Waals surface area contributed by atoms with Crippen molar-refractivity contribution in [2.24, 2.45) is 0 Å². The van der Waals surface area contributed by atoms with Crippen LogP contribution in [0, 0.1) is 5.37 Å². The van der Waals surface area contributed by atoms with E-state index >= 15 is 0 Å². The van der Waals surface area contributed by atoms with Gasteiger partial charge in [-0.1, -0.05) is 6.92 Å². The molecule has 8 heavy (non-hydrogen) atoms. The van der Waals surface area contributed by atoms with Gasteiger partial charge in [0.05, 0.1) is 0 Å². The molecule has 0 saturated carbocycles. The van der Waals surface area contributed by atoms with Crippen molar-refractivity contribution >= 4 is 11.8 Å². The van der Waals surface area contributed by atoms with Crippen LogP contribution in [0.3, 0.4) is 0 Å². The zero-order valence-electron chi connectivity index (χ0n) is 5.19. The molecule has 0 atom stereocenters. The number of rotatable bonds is 1. The van der Waals surface area contributed by atoms with Crippen molar-refractivity contribution in [1.82, 2.24) is 5.32 Å². The first kappa shape index (κ1) is 6.02. The van der Waals surface area contributed by atoms with Gasteiger partial charge in [-0.3, -0.25) is 0 Å². The van der Waals surface area contributed by atoms with E-state index in [9.17, 15) is 0 Å². The highest BCUT2D eigenvalue weighted by Gasteiger charge is 2.10. The molecule has 0 bridgehead atoms. The zero-order chi connectivity index (χ0) is 5.98. The topological polar surface area (TPSA) is 12.0 Å². The van der Waals surface area contributed by atoms with Crippen molar-refractivity contribution < 1.29 is 0 Å². The van der Waals surface area contributed by atoms with Crippen molar-refractivity contribution in [1.29, 1.82) is 0 Å². The maximum absolute atomic E-state index is 3.24. The number of nitrogens with one attached hydrogen (secondary N) is 1. The third-order valence-electron chi connectivity index (χ3n) is 1.04. The van der Waals surface area contributed by atoms with Crippen LogP contribution in [-0.4, -0.2) is 0 Å². The Labute approximate surface area is 54.5 Å². The normalized spacial score (nSPS) is 20.5. The van der Waals surface area contributed by atoms with Crippen LogP contribution < -0.4 is 5.32 Å². The van der Waals surface area contributed by atoms with Gasteiger partial charge in [0, 0.05) is 5.70 Å². The van der Waals surface area contributed by atoms with Crippen LogP contribution in [0.15, 0.2) is 11.1 Å². The Morgan fingerprint density at radius 1 is 1.75 bits per heavy atom. The summed E-state index contributed by atoms with van der Waals surface area (Å²) in [5.74, 6) is 0. The fourth-order valence-corrected chi connectivity index (χ4v) is 1.37. The number of hydrogen-bond acceptors (Lipinski definition) is 2. The Hall–Kier alpha value is -0.110. The molecule has 45 valence electrons.